The third-order valence-corrected chi connectivity index (χ3v) is 19.2. The quantitative estimate of drug-likeness (QED) is 0.0268. The highest BCUT2D eigenvalue weighted by Crippen LogP contribution is 2.25. The third-order valence-electron chi connectivity index (χ3n) is 19.2. The van der Waals surface area contributed by atoms with Gasteiger partial charge in [-0.1, -0.05) is 273 Å². The Morgan fingerprint density at radius 2 is 0.626 bits per heavy atom. The van der Waals surface area contributed by atoms with Crippen LogP contribution < -0.4 is 0 Å². The van der Waals surface area contributed by atoms with Crippen molar-refractivity contribution in [3.63, 3.8) is 0 Å². The van der Waals surface area contributed by atoms with Gasteiger partial charge in [-0.25, -0.2) is 4.98 Å². The Labute approximate surface area is 563 Å². The summed E-state index contributed by atoms with van der Waals surface area (Å²) >= 11 is 0. The fourth-order valence-corrected chi connectivity index (χ4v) is 13.0. The number of rotatable bonds is 73. The topological polar surface area (TPSA) is 122 Å². The van der Waals surface area contributed by atoms with Crippen molar-refractivity contribution >= 4 is 17.9 Å². The van der Waals surface area contributed by atoms with Crippen LogP contribution in [0.1, 0.15) is 370 Å². The molecule has 1 aromatic heterocycles. The molecule has 1 atom stereocenters. The van der Waals surface area contributed by atoms with Crippen LogP contribution in [-0.4, -0.2) is 116 Å². The highest BCUT2D eigenvalue weighted by Gasteiger charge is 2.15. The zero-order chi connectivity index (χ0) is 66.0. The van der Waals surface area contributed by atoms with Crippen LogP contribution in [0.5, 0.6) is 0 Å². The second kappa shape index (κ2) is 67.4. The van der Waals surface area contributed by atoms with Crippen molar-refractivity contribution < 1.29 is 38.1 Å². The van der Waals surface area contributed by atoms with Crippen LogP contribution in [0.15, 0.2) is 18.7 Å². The number of hydrogen-bond acceptors (Lipinski definition) is 11. The van der Waals surface area contributed by atoms with Gasteiger partial charge in [0, 0.05) is 57.8 Å². The monoisotopic (exact) mass is 1290 g/mol. The van der Waals surface area contributed by atoms with Crippen LogP contribution in [0.3, 0.4) is 0 Å². The minimum atomic E-state index is -0.229. The van der Waals surface area contributed by atoms with Gasteiger partial charge in [-0.2, -0.15) is 0 Å². The van der Waals surface area contributed by atoms with E-state index in [1.807, 2.05) is 25.6 Å². The molecule has 0 aliphatic heterocycles. The average Bonchev–Trinajstić information content (AvgIpc) is 4.34. The van der Waals surface area contributed by atoms with E-state index < -0.39 is 0 Å². The number of esters is 3. The van der Waals surface area contributed by atoms with Gasteiger partial charge in [-0.05, 0) is 115 Å². The number of hydrogen-bond donors (Lipinski definition) is 0. The lowest BCUT2D eigenvalue weighted by Gasteiger charge is -2.24. The van der Waals surface area contributed by atoms with Crippen molar-refractivity contribution in [2.75, 3.05) is 72.3 Å². The normalized spacial score (nSPS) is 12.2. The van der Waals surface area contributed by atoms with Gasteiger partial charge in [0.15, 0.2) is 6.29 Å². The molecule has 91 heavy (non-hydrogen) atoms. The summed E-state index contributed by atoms with van der Waals surface area (Å²) in [6.45, 7) is 26.1. The molecule has 12 heteroatoms. The first-order chi connectivity index (χ1) is 44.7. The van der Waals surface area contributed by atoms with Crippen molar-refractivity contribution in [2.45, 2.75) is 382 Å². The van der Waals surface area contributed by atoms with Crippen LogP contribution in [0.4, 0.5) is 0 Å². The first-order valence-corrected chi connectivity index (χ1v) is 39.8. The van der Waals surface area contributed by atoms with Gasteiger partial charge in [0.2, 0.25) is 0 Å². The molecule has 0 saturated carbocycles. The van der Waals surface area contributed by atoms with Crippen LogP contribution in [-0.2, 0) is 44.6 Å². The summed E-state index contributed by atoms with van der Waals surface area (Å²) in [5, 5.41) is 0. The first kappa shape index (κ1) is 86.5. The Balaban J connectivity index is 2.51. The second-order valence-electron chi connectivity index (χ2n) is 27.7. The largest absolute Gasteiger partial charge is 0.466 e. The van der Waals surface area contributed by atoms with Crippen LogP contribution in [0.25, 0.3) is 0 Å². The number of aromatic nitrogens is 2. The minimum Gasteiger partial charge on any atom is -0.466 e. The Kier molecular flexibility index (Phi) is 64.1. The molecule has 1 aromatic rings. The number of ether oxygens (including phenoxy) is 5. The molecule has 0 aliphatic rings. The third kappa shape index (κ3) is 58.5. The molecule has 1 rings (SSSR count). The molecule has 536 valence electrons. The Bertz CT molecular complexity index is 1580. The number of carbonyl (C=O) groups is 3. The van der Waals surface area contributed by atoms with Gasteiger partial charge in [0.1, 0.15) is 0 Å². The van der Waals surface area contributed by atoms with Gasteiger partial charge >= 0.3 is 17.9 Å². The van der Waals surface area contributed by atoms with Crippen molar-refractivity contribution in [1.29, 1.82) is 0 Å². The van der Waals surface area contributed by atoms with Crippen LogP contribution in [0, 0.1) is 17.8 Å². The van der Waals surface area contributed by atoms with E-state index in [0.717, 1.165) is 116 Å². The minimum absolute atomic E-state index is 0.00615. The van der Waals surface area contributed by atoms with Crippen LogP contribution in [0.2, 0.25) is 0 Å². The average molecular weight is 1290 g/mol. The molecule has 0 bridgehead atoms. The highest BCUT2D eigenvalue weighted by molar-refractivity contribution is 5.69. The molecule has 1 unspecified atom stereocenters. The van der Waals surface area contributed by atoms with E-state index >= 15 is 0 Å². The van der Waals surface area contributed by atoms with Gasteiger partial charge in [-0.15, -0.1) is 0 Å². The molecule has 0 radical (unpaired) electrons. The number of nitrogens with zero attached hydrogens (tertiary/aromatic N) is 4. The molecule has 0 aliphatic carbocycles. The molecule has 1 heterocycles. The van der Waals surface area contributed by atoms with Gasteiger partial charge in [0.25, 0.3) is 0 Å². The number of carbonyl (C=O) groups excluding carboxylic acids is 3. The standard InChI is InChI=1S/C79H152N4O8/c1-8-14-32-46-74(47-33-15-9-2)55-69-89-77(84)52-38-26-20-23-29-41-59-81(60-42-30-24-21-27-39-53-78(85)90-70-56-75(48-34-16-10-3)49-35-17-11-4)62-44-67-87-73(7)88-68-45-63-82(65-66-83-64-58-80-72-83)61-43-31-25-22-28-40-54-79(86)91-71-57-76(50-36-18-12-5)51-37-19-13-6/h58,64,72-76H,8-57,59-63,65-71H2,1-7H3. The van der Waals surface area contributed by atoms with E-state index in [1.165, 1.54) is 231 Å². The molecule has 0 fully saturated rings. The summed E-state index contributed by atoms with van der Waals surface area (Å²) in [6.07, 6.45) is 63.6. The predicted molar refractivity (Wildman–Crippen MR) is 385 cm³/mol. The molecule has 0 saturated heterocycles. The molecule has 0 N–H and O–H groups in total. The second-order valence-corrected chi connectivity index (χ2v) is 27.7. The van der Waals surface area contributed by atoms with E-state index in [2.05, 4.69) is 60.9 Å². The summed E-state index contributed by atoms with van der Waals surface area (Å²) in [5.74, 6) is 2.08. The summed E-state index contributed by atoms with van der Waals surface area (Å²) < 4.78 is 31.8. The maximum absolute atomic E-state index is 12.6. The first-order valence-electron chi connectivity index (χ1n) is 39.8. The SMILES string of the molecule is CCCCCC(CCCCC)CCOC(=O)CCCCCCCCN(CCCCCCCCC(=O)OCCC(CCCCC)CCCCC)CCCOC(C)OCCCN(CCCCCCCCC(=O)OCCC(CCCCC)CCCCC)CCn1ccnc1. The summed E-state index contributed by atoms with van der Waals surface area (Å²) in [5.41, 5.74) is 0. The molecule has 0 aromatic carbocycles. The molecule has 0 amide bonds. The zero-order valence-electron chi connectivity index (χ0n) is 61.4. The smallest absolute Gasteiger partial charge is 0.305 e. The van der Waals surface area contributed by atoms with Crippen molar-refractivity contribution in [3.8, 4) is 0 Å². The predicted octanol–water partition coefficient (Wildman–Crippen LogP) is 22.0. The summed E-state index contributed by atoms with van der Waals surface area (Å²) in [7, 11) is 0. The maximum Gasteiger partial charge on any atom is 0.305 e. The van der Waals surface area contributed by atoms with Crippen molar-refractivity contribution in [1.82, 2.24) is 19.4 Å². The Hall–Kier alpha value is -2.54. The summed E-state index contributed by atoms with van der Waals surface area (Å²) in [4.78, 5) is 47.2. The van der Waals surface area contributed by atoms with Crippen molar-refractivity contribution in [3.05, 3.63) is 18.7 Å². The lowest BCUT2D eigenvalue weighted by molar-refractivity contribution is -0.145. The lowest BCUT2D eigenvalue weighted by Crippen LogP contribution is -2.30. The van der Waals surface area contributed by atoms with Crippen LogP contribution >= 0.6 is 0 Å². The zero-order valence-corrected chi connectivity index (χ0v) is 61.4. The van der Waals surface area contributed by atoms with E-state index in [9.17, 15) is 14.4 Å². The fraction of sp³-hybridized carbons (Fsp3) is 0.924. The van der Waals surface area contributed by atoms with E-state index in [1.54, 1.807) is 0 Å². The Morgan fingerprint density at radius 1 is 0.341 bits per heavy atom. The highest BCUT2D eigenvalue weighted by atomic mass is 16.7. The number of imidazole rings is 1. The molecular weight excluding hydrogens is 1130 g/mol. The molecule has 0 spiro atoms. The number of unbranched alkanes of at least 4 members (excludes halogenated alkanes) is 27. The van der Waals surface area contributed by atoms with Gasteiger partial charge in [0.05, 0.1) is 39.4 Å². The fourth-order valence-electron chi connectivity index (χ4n) is 13.0. The van der Waals surface area contributed by atoms with E-state index in [0.29, 0.717) is 70.1 Å². The lowest BCUT2D eigenvalue weighted by atomic mass is 9.92. The van der Waals surface area contributed by atoms with Gasteiger partial charge < -0.3 is 38.1 Å². The molecular formula is C79H152N4O8. The Morgan fingerprint density at radius 3 is 0.923 bits per heavy atom. The van der Waals surface area contributed by atoms with E-state index in [-0.39, 0.29) is 24.2 Å². The van der Waals surface area contributed by atoms with Crippen molar-refractivity contribution in [2.24, 2.45) is 17.8 Å². The van der Waals surface area contributed by atoms with E-state index in [4.69, 9.17) is 23.7 Å². The summed E-state index contributed by atoms with van der Waals surface area (Å²) in [6, 6.07) is 0. The molecule has 12 nitrogen and oxygen atoms in total. The maximum atomic E-state index is 12.6. The van der Waals surface area contributed by atoms with Gasteiger partial charge in [-0.3, -0.25) is 14.4 Å².